The van der Waals surface area contributed by atoms with Crippen LogP contribution in [0.4, 0.5) is 11.4 Å². The summed E-state index contributed by atoms with van der Waals surface area (Å²) in [6, 6.07) is 4.79. The number of aromatic amines is 1. The third kappa shape index (κ3) is 4.20. The topological polar surface area (TPSA) is 93.1 Å². The quantitative estimate of drug-likeness (QED) is 0.604. The first kappa shape index (κ1) is 14.8. The highest BCUT2D eigenvalue weighted by Crippen LogP contribution is 2.30. The largest absolute Gasteiger partial charge is 0.484 e. The molecule has 0 aliphatic rings. The summed E-state index contributed by atoms with van der Waals surface area (Å²) in [6.07, 6.45) is 4.07. The van der Waals surface area contributed by atoms with E-state index in [1.165, 1.54) is 6.07 Å². The molecule has 112 valence electrons. The Labute approximate surface area is 122 Å². The number of anilines is 1. The van der Waals surface area contributed by atoms with Gasteiger partial charge in [0, 0.05) is 42.7 Å². The molecule has 0 radical (unpaired) electrons. The zero-order valence-electron chi connectivity index (χ0n) is 12.0. The number of nitrogens with zero attached hydrogens (tertiary/aromatic N) is 2. The van der Waals surface area contributed by atoms with Crippen molar-refractivity contribution in [2.24, 2.45) is 0 Å². The molecule has 0 bridgehead atoms. The van der Waals surface area contributed by atoms with Crippen LogP contribution in [0, 0.1) is 10.1 Å². The highest BCUT2D eigenvalue weighted by molar-refractivity contribution is 5.58. The van der Waals surface area contributed by atoms with Crippen LogP contribution in [0.15, 0.2) is 30.7 Å². The number of hydrogen-bond donors (Lipinski definition) is 2. The fourth-order valence-corrected chi connectivity index (χ4v) is 1.89. The molecule has 0 aliphatic heterocycles. The first-order valence-electron chi connectivity index (χ1n) is 6.72. The number of nitro benzene ring substituents is 1. The Hall–Kier alpha value is -2.57. The van der Waals surface area contributed by atoms with Crippen LogP contribution in [0.5, 0.6) is 5.75 Å². The van der Waals surface area contributed by atoms with Gasteiger partial charge in [0.15, 0.2) is 5.75 Å². The average molecular weight is 290 g/mol. The van der Waals surface area contributed by atoms with Gasteiger partial charge in [0.05, 0.1) is 17.4 Å². The van der Waals surface area contributed by atoms with Gasteiger partial charge in [0.25, 0.3) is 0 Å². The van der Waals surface area contributed by atoms with Crippen LogP contribution >= 0.6 is 0 Å². The molecule has 1 aromatic carbocycles. The van der Waals surface area contributed by atoms with Gasteiger partial charge in [0.1, 0.15) is 0 Å². The molecule has 0 saturated heterocycles. The summed E-state index contributed by atoms with van der Waals surface area (Å²) in [5.74, 6) is 0.279. The van der Waals surface area contributed by atoms with Gasteiger partial charge in [0.2, 0.25) is 0 Å². The van der Waals surface area contributed by atoms with Crippen LogP contribution in [0.2, 0.25) is 0 Å². The van der Waals surface area contributed by atoms with E-state index in [1.807, 2.05) is 13.8 Å². The maximum Gasteiger partial charge on any atom is 0.311 e. The molecule has 0 spiro atoms. The molecule has 7 heteroatoms. The summed E-state index contributed by atoms with van der Waals surface area (Å²) in [4.78, 5) is 17.5. The van der Waals surface area contributed by atoms with E-state index >= 15 is 0 Å². The number of rotatable bonds is 7. The molecule has 2 rings (SSSR count). The summed E-state index contributed by atoms with van der Waals surface area (Å²) in [5, 5.41) is 14.2. The Balaban J connectivity index is 2.04. The van der Waals surface area contributed by atoms with Crippen molar-refractivity contribution < 1.29 is 9.66 Å². The molecule has 7 nitrogen and oxygen atoms in total. The molecule has 0 aliphatic carbocycles. The van der Waals surface area contributed by atoms with Gasteiger partial charge in [-0.2, -0.15) is 0 Å². The Bertz CT molecular complexity index is 596. The minimum Gasteiger partial charge on any atom is -0.484 e. The lowest BCUT2D eigenvalue weighted by atomic mass is 10.2. The fraction of sp³-hybridized carbons (Fsp3) is 0.357. The van der Waals surface area contributed by atoms with Crippen LogP contribution < -0.4 is 10.1 Å². The van der Waals surface area contributed by atoms with E-state index in [0.717, 1.165) is 17.8 Å². The van der Waals surface area contributed by atoms with E-state index in [2.05, 4.69) is 15.3 Å². The van der Waals surface area contributed by atoms with Crippen molar-refractivity contribution in [3.63, 3.8) is 0 Å². The molecule has 0 amide bonds. The number of nitrogens with one attached hydrogen (secondary N) is 2. The minimum atomic E-state index is -0.438. The third-order valence-corrected chi connectivity index (χ3v) is 2.80. The highest BCUT2D eigenvalue weighted by Gasteiger charge is 2.16. The first-order chi connectivity index (χ1) is 10.1. The number of H-pyrrole nitrogens is 1. The number of ether oxygens (including phenoxy) is 1. The first-order valence-corrected chi connectivity index (χ1v) is 6.72. The van der Waals surface area contributed by atoms with Gasteiger partial charge in [-0.15, -0.1) is 0 Å². The highest BCUT2D eigenvalue weighted by atomic mass is 16.6. The molecule has 0 unspecified atom stereocenters. The zero-order chi connectivity index (χ0) is 15.2. The number of hydrogen-bond acceptors (Lipinski definition) is 5. The standard InChI is InChI=1S/C14H18N4O3/c1-10(2)21-14-7-11(3-4-13(14)18(19)20)16-6-5-12-8-15-9-17-12/h3-4,7-10,16H,5-6H2,1-2H3,(H,15,17). The second-order valence-corrected chi connectivity index (χ2v) is 4.86. The molecule has 2 aromatic rings. The average Bonchev–Trinajstić information content (AvgIpc) is 2.91. The lowest BCUT2D eigenvalue weighted by Gasteiger charge is -2.12. The maximum atomic E-state index is 11.0. The fourth-order valence-electron chi connectivity index (χ4n) is 1.89. The van der Waals surface area contributed by atoms with Crippen molar-refractivity contribution >= 4 is 11.4 Å². The van der Waals surface area contributed by atoms with E-state index < -0.39 is 4.92 Å². The summed E-state index contributed by atoms with van der Waals surface area (Å²) in [5.41, 5.74) is 1.79. The van der Waals surface area contributed by atoms with E-state index in [9.17, 15) is 10.1 Å². The summed E-state index contributed by atoms with van der Waals surface area (Å²) in [6.45, 7) is 4.37. The van der Waals surface area contributed by atoms with Gasteiger partial charge >= 0.3 is 5.69 Å². The maximum absolute atomic E-state index is 11.0. The van der Waals surface area contributed by atoms with Gasteiger partial charge < -0.3 is 15.0 Å². The number of imidazole rings is 1. The van der Waals surface area contributed by atoms with Crippen molar-refractivity contribution in [3.05, 3.63) is 46.5 Å². The minimum absolute atomic E-state index is 0.0252. The molecular formula is C14H18N4O3. The number of aromatic nitrogens is 2. The summed E-state index contributed by atoms with van der Waals surface area (Å²) < 4.78 is 5.50. The summed E-state index contributed by atoms with van der Waals surface area (Å²) in [7, 11) is 0. The smallest absolute Gasteiger partial charge is 0.311 e. The molecule has 1 heterocycles. The van der Waals surface area contributed by atoms with Crippen molar-refractivity contribution in [2.75, 3.05) is 11.9 Å². The predicted molar refractivity (Wildman–Crippen MR) is 79.6 cm³/mol. The Kier molecular flexibility index (Phi) is 4.76. The lowest BCUT2D eigenvalue weighted by molar-refractivity contribution is -0.386. The van der Waals surface area contributed by atoms with Gasteiger partial charge in [-0.1, -0.05) is 0 Å². The molecular weight excluding hydrogens is 272 g/mol. The van der Waals surface area contributed by atoms with Crippen LogP contribution in [-0.4, -0.2) is 27.5 Å². The monoisotopic (exact) mass is 290 g/mol. The Morgan fingerprint density at radius 1 is 1.48 bits per heavy atom. The van der Waals surface area contributed by atoms with E-state index in [0.29, 0.717) is 6.54 Å². The van der Waals surface area contributed by atoms with Crippen LogP contribution in [0.3, 0.4) is 0 Å². The number of benzene rings is 1. The van der Waals surface area contributed by atoms with Crippen molar-refractivity contribution in [1.29, 1.82) is 0 Å². The van der Waals surface area contributed by atoms with Gasteiger partial charge in [-0.05, 0) is 19.9 Å². The number of nitro groups is 1. The molecule has 21 heavy (non-hydrogen) atoms. The second kappa shape index (κ2) is 6.74. The van der Waals surface area contributed by atoms with E-state index in [-0.39, 0.29) is 17.5 Å². The van der Waals surface area contributed by atoms with E-state index in [1.54, 1.807) is 24.7 Å². The lowest BCUT2D eigenvalue weighted by Crippen LogP contribution is -2.09. The second-order valence-electron chi connectivity index (χ2n) is 4.86. The van der Waals surface area contributed by atoms with Crippen molar-refractivity contribution in [1.82, 2.24) is 9.97 Å². The third-order valence-electron chi connectivity index (χ3n) is 2.80. The van der Waals surface area contributed by atoms with Crippen LogP contribution in [0.25, 0.3) is 0 Å². The normalized spacial score (nSPS) is 10.6. The molecule has 1 aromatic heterocycles. The molecule has 0 fully saturated rings. The van der Waals surface area contributed by atoms with Crippen LogP contribution in [-0.2, 0) is 6.42 Å². The van der Waals surface area contributed by atoms with E-state index in [4.69, 9.17) is 4.74 Å². The predicted octanol–water partition coefficient (Wildman–Crippen LogP) is 2.76. The molecule has 2 N–H and O–H groups in total. The summed E-state index contributed by atoms with van der Waals surface area (Å²) >= 11 is 0. The zero-order valence-corrected chi connectivity index (χ0v) is 12.0. The van der Waals surface area contributed by atoms with Crippen LogP contribution in [0.1, 0.15) is 19.5 Å². The Morgan fingerprint density at radius 2 is 2.29 bits per heavy atom. The SMILES string of the molecule is CC(C)Oc1cc(NCCc2cnc[nH]2)ccc1[N+](=O)[O-]. The van der Waals surface area contributed by atoms with Gasteiger partial charge in [-0.25, -0.2) is 4.98 Å². The molecule has 0 atom stereocenters. The van der Waals surface area contributed by atoms with Gasteiger partial charge in [-0.3, -0.25) is 10.1 Å². The van der Waals surface area contributed by atoms with Crippen molar-refractivity contribution in [2.45, 2.75) is 26.4 Å². The Morgan fingerprint density at radius 3 is 2.90 bits per heavy atom. The molecule has 0 saturated carbocycles. The van der Waals surface area contributed by atoms with Crippen molar-refractivity contribution in [3.8, 4) is 5.75 Å².